The number of anilines is 1. The first-order chi connectivity index (χ1) is 8.74. The first-order valence-electron chi connectivity index (χ1n) is 6.79. The highest BCUT2D eigenvalue weighted by molar-refractivity contribution is 5.44. The summed E-state index contributed by atoms with van der Waals surface area (Å²) in [5.41, 5.74) is 2.58. The monoisotopic (exact) mass is 248 g/mol. The Morgan fingerprint density at radius 3 is 2.44 bits per heavy atom. The van der Waals surface area contributed by atoms with Crippen molar-refractivity contribution in [2.75, 3.05) is 39.2 Å². The zero-order valence-corrected chi connectivity index (χ0v) is 11.5. The van der Waals surface area contributed by atoms with Crippen molar-refractivity contribution in [3.8, 4) is 0 Å². The van der Waals surface area contributed by atoms with Gasteiger partial charge in [-0.3, -0.25) is 0 Å². The Hall–Kier alpha value is -1.06. The van der Waals surface area contributed by atoms with Gasteiger partial charge in [-0.15, -0.1) is 0 Å². The molecular formula is C15H24N2O. The Kier molecular flexibility index (Phi) is 5.02. The highest BCUT2D eigenvalue weighted by Crippen LogP contribution is 2.16. The average molecular weight is 248 g/mol. The van der Waals surface area contributed by atoms with Crippen LogP contribution in [0.4, 0.5) is 5.69 Å². The molecule has 3 heteroatoms. The molecular weight excluding hydrogens is 224 g/mol. The van der Waals surface area contributed by atoms with E-state index >= 15 is 0 Å². The Morgan fingerprint density at radius 2 is 1.83 bits per heavy atom. The molecule has 100 valence electrons. The maximum atomic E-state index is 5.37. The van der Waals surface area contributed by atoms with E-state index in [2.05, 4.69) is 48.6 Å². The molecule has 1 aromatic carbocycles. The van der Waals surface area contributed by atoms with Crippen LogP contribution in [0.15, 0.2) is 24.3 Å². The molecule has 1 aromatic rings. The Balaban J connectivity index is 1.78. The van der Waals surface area contributed by atoms with E-state index in [1.807, 2.05) is 0 Å². The van der Waals surface area contributed by atoms with Crippen LogP contribution < -0.4 is 5.32 Å². The molecule has 1 fully saturated rings. The highest BCUT2D eigenvalue weighted by Gasteiger charge is 2.12. The Morgan fingerprint density at radius 1 is 1.17 bits per heavy atom. The van der Waals surface area contributed by atoms with Gasteiger partial charge in [-0.05, 0) is 50.6 Å². The molecule has 1 aliphatic rings. The van der Waals surface area contributed by atoms with Crippen molar-refractivity contribution in [2.45, 2.75) is 19.4 Å². The lowest BCUT2D eigenvalue weighted by molar-refractivity contribution is 0.0699. The minimum Gasteiger partial charge on any atom is -0.385 e. The second kappa shape index (κ2) is 6.76. The third-order valence-electron chi connectivity index (χ3n) is 3.39. The van der Waals surface area contributed by atoms with Gasteiger partial charge >= 0.3 is 0 Å². The normalized spacial score (nSPS) is 17.1. The van der Waals surface area contributed by atoms with Gasteiger partial charge in [-0.2, -0.15) is 0 Å². The topological polar surface area (TPSA) is 24.5 Å². The molecule has 1 heterocycles. The zero-order valence-electron chi connectivity index (χ0n) is 11.5. The smallest absolute Gasteiger partial charge is 0.0469 e. The van der Waals surface area contributed by atoms with E-state index in [0.717, 1.165) is 32.2 Å². The molecule has 0 saturated carbocycles. The number of hydrogen-bond acceptors (Lipinski definition) is 3. The van der Waals surface area contributed by atoms with Gasteiger partial charge in [-0.25, -0.2) is 0 Å². The van der Waals surface area contributed by atoms with E-state index in [1.165, 1.54) is 24.1 Å². The summed E-state index contributed by atoms with van der Waals surface area (Å²) in [6.45, 7) is 3.92. The van der Waals surface area contributed by atoms with Crippen molar-refractivity contribution in [1.82, 2.24) is 4.90 Å². The molecule has 3 nitrogen and oxygen atoms in total. The number of benzene rings is 1. The number of nitrogens with zero attached hydrogens (tertiary/aromatic N) is 1. The fraction of sp³-hybridized carbons (Fsp3) is 0.600. The highest BCUT2D eigenvalue weighted by atomic mass is 16.5. The molecule has 0 radical (unpaired) electrons. The molecule has 0 amide bonds. The van der Waals surface area contributed by atoms with E-state index in [-0.39, 0.29) is 0 Å². The van der Waals surface area contributed by atoms with Crippen molar-refractivity contribution < 1.29 is 4.74 Å². The molecule has 1 aliphatic heterocycles. The molecule has 1 N–H and O–H groups in total. The van der Waals surface area contributed by atoms with Crippen LogP contribution in [0, 0.1) is 5.92 Å². The second-order valence-electron chi connectivity index (χ2n) is 5.37. The van der Waals surface area contributed by atoms with E-state index in [4.69, 9.17) is 4.74 Å². The van der Waals surface area contributed by atoms with Crippen molar-refractivity contribution in [3.05, 3.63) is 29.8 Å². The van der Waals surface area contributed by atoms with Crippen LogP contribution >= 0.6 is 0 Å². The molecule has 0 aliphatic carbocycles. The molecule has 0 bridgehead atoms. The molecule has 18 heavy (non-hydrogen) atoms. The summed E-state index contributed by atoms with van der Waals surface area (Å²) < 4.78 is 5.37. The standard InChI is InChI=1S/C15H24N2O/c1-17(2)12-14-3-5-15(6-4-14)16-11-13-7-9-18-10-8-13/h3-6,13,16H,7-12H2,1-2H3. The van der Waals surface area contributed by atoms with Crippen LogP contribution in [0.1, 0.15) is 18.4 Å². The predicted octanol–water partition coefficient (Wildman–Crippen LogP) is 2.59. The summed E-state index contributed by atoms with van der Waals surface area (Å²) in [6.07, 6.45) is 2.37. The summed E-state index contributed by atoms with van der Waals surface area (Å²) >= 11 is 0. The Labute approximate surface area is 110 Å². The van der Waals surface area contributed by atoms with Crippen LogP contribution in [-0.2, 0) is 11.3 Å². The van der Waals surface area contributed by atoms with Gasteiger partial charge in [0, 0.05) is 32.0 Å². The van der Waals surface area contributed by atoms with Gasteiger partial charge in [0.25, 0.3) is 0 Å². The SMILES string of the molecule is CN(C)Cc1ccc(NCC2CCOCC2)cc1. The van der Waals surface area contributed by atoms with E-state index in [0.29, 0.717) is 0 Å². The predicted molar refractivity (Wildman–Crippen MR) is 75.9 cm³/mol. The second-order valence-corrected chi connectivity index (χ2v) is 5.37. The lowest BCUT2D eigenvalue weighted by atomic mass is 10.0. The minimum atomic E-state index is 0.764. The number of hydrogen-bond donors (Lipinski definition) is 1. The van der Waals surface area contributed by atoms with Crippen molar-refractivity contribution in [3.63, 3.8) is 0 Å². The minimum absolute atomic E-state index is 0.764. The maximum Gasteiger partial charge on any atom is 0.0469 e. The third kappa shape index (κ3) is 4.31. The molecule has 0 spiro atoms. The fourth-order valence-corrected chi connectivity index (χ4v) is 2.31. The van der Waals surface area contributed by atoms with Crippen LogP contribution in [0.2, 0.25) is 0 Å². The first-order valence-corrected chi connectivity index (χ1v) is 6.79. The molecule has 1 saturated heterocycles. The lowest BCUT2D eigenvalue weighted by Gasteiger charge is -2.22. The summed E-state index contributed by atoms with van der Waals surface area (Å²) in [4.78, 5) is 2.18. The summed E-state index contributed by atoms with van der Waals surface area (Å²) in [7, 11) is 4.19. The number of rotatable bonds is 5. The number of ether oxygens (including phenoxy) is 1. The van der Waals surface area contributed by atoms with Crippen LogP contribution in [-0.4, -0.2) is 38.8 Å². The summed E-state index contributed by atoms with van der Waals surface area (Å²) in [6, 6.07) is 8.76. The van der Waals surface area contributed by atoms with Gasteiger partial charge in [-0.1, -0.05) is 12.1 Å². The number of nitrogens with one attached hydrogen (secondary N) is 1. The molecule has 0 unspecified atom stereocenters. The largest absolute Gasteiger partial charge is 0.385 e. The van der Waals surface area contributed by atoms with Crippen LogP contribution in [0.25, 0.3) is 0 Å². The van der Waals surface area contributed by atoms with Gasteiger partial charge in [0.2, 0.25) is 0 Å². The van der Waals surface area contributed by atoms with Crippen molar-refractivity contribution >= 4 is 5.69 Å². The zero-order chi connectivity index (χ0) is 12.8. The van der Waals surface area contributed by atoms with Gasteiger partial charge < -0.3 is 15.0 Å². The third-order valence-corrected chi connectivity index (χ3v) is 3.39. The molecule has 0 aromatic heterocycles. The average Bonchev–Trinajstić information content (AvgIpc) is 2.38. The molecule has 0 atom stereocenters. The van der Waals surface area contributed by atoms with Gasteiger partial charge in [0.05, 0.1) is 0 Å². The van der Waals surface area contributed by atoms with Crippen LogP contribution in [0.5, 0.6) is 0 Å². The van der Waals surface area contributed by atoms with E-state index in [1.54, 1.807) is 0 Å². The van der Waals surface area contributed by atoms with Crippen molar-refractivity contribution in [1.29, 1.82) is 0 Å². The lowest BCUT2D eigenvalue weighted by Crippen LogP contribution is -2.22. The van der Waals surface area contributed by atoms with Crippen molar-refractivity contribution in [2.24, 2.45) is 5.92 Å². The van der Waals surface area contributed by atoms with Gasteiger partial charge in [0.15, 0.2) is 0 Å². The first kappa shape index (κ1) is 13.4. The summed E-state index contributed by atoms with van der Waals surface area (Å²) in [5.74, 6) is 0.764. The van der Waals surface area contributed by atoms with Crippen LogP contribution in [0.3, 0.4) is 0 Å². The molecule has 2 rings (SSSR count). The Bertz CT molecular complexity index is 342. The van der Waals surface area contributed by atoms with E-state index < -0.39 is 0 Å². The van der Waals surface area contributed by atoms with Gasteiger partial charge in [0.1, 0.15) is 0 Å². The summed E-state index contributed by atoms with van der Waals surface area (Å²) in [5, 5.41) is 3.53. The fourth-order valence-electron chi connectivity index (χ4n) is 2.31. The maximum absolute atomic E-state index is 5.37. The quantitative estimate of drug-likeness (QED) is 0.867. The van der Waals surface area contributed by atoms with E-state index in [9.17, 15) is 0 Å².